The Balaban J connectivity index is 2.67. The summed E-state index contributed by atoms with van der Waals surface area (Å²) in [6.07, 6.45) is 0. The molecular weight excluding hydrogens is 412 g/mol. The molecule has 3 rings (SSSR count). The Kier molecular flexibility index (Phi) is 2.39. The predicted octanol–water partition coefficient (Wildman–Crippen LogP) is 4.53. The second kappa shape index (κ2) is 3.62. The van der Waals surface area contributed by atoms with Crippen molar-refractivity contribution in [2.45, 2.75) is 0 Å². The predicted molar refractivity (Wildman–Crippen MR) is 81.2 cm³/mol. The van der Waals surface area contributed by atoms with Crippen LogP contribution in [0.4, 0.5) is 0 Å². The van der Waals surface area contributed by atoms with Crippen molar-refractivity contribution < 1.29 is 0 Å². The lowest BCUT2D eigenvalue weighted by Gasteiger charge is -1.96. The van der Waals surface area contributed by atoms with Gasteiger partial charge in [0.2, 0.25) is 0 Å². The molecule has 0 spiro atoms. The molecule has 1 heterocycles. The third-order valence-electron chi connectivity index (χ3n) is 2.55. The molecule has 0 aliphatic heterocycles. The highest BCUT2D eigenvalue weighted by molar-refractivity contribution is 14.1. The lowest BCUT2D eigenvalue weighted by Crippen LogP contribution is -1.75. The van der Waals surface area contributed by atoms with E-state index in [4.69, 9.17) is 0 Å². The fourth-order valence-electron chi connectivity index (χ4n) is 1.91. The number of fused-ring (bicyclic) bond motifs is 3. The fourth-order valence-corrected chi connectivity index (χ4v) is 3.45. The summed E-state index contributed by atoms with van der Waals surface area (Å²) in [6, 6.07) is 12.7. The van der Waals surface area contributed by atoms with Gasteiger partial charge in [-0.2, -0.15) is 0 Å². The Bertz CT molecular complexity index is 599. The maximum atomic E-state index is 3.45. The first-order valence-corrected chi connectivity index (χ1v) is 6.77. The van der Waals surface area contributed by atoms with E-state index in [0.29, 0.717) is 0 Å². The van der Waals surface area contributed by atoms with Crippen molar-refractivity contribution in [1.82, 2.24) is 4.98 Å². The Morgan fingerprint density at radius 1 is 0.733 bits per heavy atom. The molecule has 0 fully saturated rings. The van der Waals surface area contributed by atoms with Crippen LogP contribution in [-0.2, 0) is 0 Å². The molecule has 1 N–H and O–H groups in total. The third kappa shape index (κ3) is 1.47. The number of nitrogens with one attached hydrogen (secondary N) is 1. The van der Waals surface area contributed by atoms with Gasteiger partial charge in [0.15, 0.2) is 0 Å². The number of aromatic amines is 1. The van der Waals surface area contributed by atoms with Crippen molar-refractivity contribution in [3.63, 3.8) is 0 Å². The van der Waals surface area contributed by atoms with Crippen LogP contribution in [0.2, 0.25) is 0 Å². The summed E-state index contributed by atoms with van der Waals surface area (Å²) in [5, 5.41) is 2.69. The Morgan fingerprint density at radius 2 is 1.20 bits per heavy atom. The van der Waals surface area contributed by atoms with Gasteiger partial charge in [0, 0.05) is 28.9 Å². The smallest absolute Gasteiger partial charge is 0.0476 e. The summed E-state index contributed by atoms with van der Waals surface area (Å²) in [4.78, 5) is 3.45. The number of H-pyrrole nitrogens is 1. The molecule has 0 aliphatic rings. The minimum atomic E-state index is 1.22. The molecule has 2 aromatic carbocycles. The van der Waals surface area contributed by atoms with Crippen LogP contribution in [0, 0.1) is 7.14 Å². The minimum Gasteiger partial charge on any atom is -0.354 e. The van der Waals surface area contributed by atoms with Gasteiger partial charge in [0.25, 0.3) is 0 Å². The van der Waals surface area contributed by atoms with E-state index in [1.54, 1.807) is 0 Å². The van der Waals surface area contributed by atoms with E-state index in [9.17, 15) is 0 Å². The maximum absolute atomic E-state index is 3.45. The van der Waals surface area contributed by atoms with Crippen LogP contribution in [0.5, 0.6) is 0 Å². The van der Waals surface area contributed by atoms with Crippen LogP contribution in [0.25, 0.3) is 21.8 Å². The van der Waals surface area contributed by atoms with Gasteiger partial charge in [-0.25, -0.2) is 0 Å². The summed E-state index contributed by atoms with van der Waals surface area (Å²) in [5.41, 5.74) is 2.45. The van der Waals surface area contributed by atoms with E-state index in [0.717, 1.165) is 0 Å². The van der Waals surface area contributed by atoms with Gasteiger partial charge in [0.1, 0.15) is 0 Å². The second-order valence-electron chi connectivity index (χ2n) is 3.45. The zero-order chi connectivity index (χ0) is 10.4. The highest BCUT2D eigenvalue weighted by atomic mass is 127. The van der Waals surface area contributed by atoms with Gasteiger partial charge in [-0.15, -0.1) is 0 Å². The van der Waals surface area contributed by atoms with Crippen LogP contribution in [0.1, 0.15) is 0 Å². The number of hydrogen-bond acceptors (Lipinski definition) is 0. The molecule has 0 bridgehead atoms. The van der Waals surface area contributed by atoms with Crippen LogP contribution < -0.4 is 0 Å². The van der Waals surface area contributed by atoms with E-state index in [1.165, 1.54) is 28.9 Å². The Morgan fingerprint density at radius 3 is 1.67 bits per heavy atom. The summed E-state index contributed by atoms with van der Waals surface area (Å²) < 4.78 is 2.61. The molecule has 3 aromatic rings. The van der Waals surface area contributed by atoms with Crippen molar-refractivity contribution in [3.05, 3.63) is 43.5 Å². The topological polar surface area (TPSA) is 15.8 Å². The van der Waals surface area contributed by atoms with Gasteiger partial charge < -0.3 is 4.98 Å². The first-order valence-electron chi connectivity index (χ1n) is 4.62. The normalized spacial score (nSPS) is 11.3. The largest absolute Gasteiger partial charge is 0.354 e. The van der Waals surface area contributed by atoms with Crippen LogP contribution in [0.3, 0.4) is 0 Å². The van der Waals surface area contributed by atoms with Gasteiger partial charge in [-0.05, 0) is 69.4 Å². The molecule has 0 atom stereocenters. The average Bonchev–Trinajstić information content (AvgIpc) is 2.58. The summed E-state index contributed by atoms with van der Waals surface area (Å²) >= 11 is 4.79. The lowest BCUT2D eigenvalue weighted by molar-refractivity contribution is 1.54. The standard InChI is InChI=1S/C12H7I2N/c13-7-3-1-5-9-11(7)12-8(14)4-2-6-10(12)15-9/h1-6,15H. The molecule has 0 unspecified atom stereocenters. The quantitative estimate of drug-likeness (QED) is 0.516. The molecule has 15 heavy (non-hydrogen) atoms. The van der Waals surface area contributed by atoms with E-state index in [2.05, 4.69) is 86.6 Å². The first-order chi connectivity index (χ1) is 7.27. The first kappa shape index (κ1) is 9.89. The summed E-state index contributed by atoms with van der Waals surface area (Å²) in [5.74, 6) is 0. The number of hydrogen-bond donors (Lipinski definition) is 1. The summed E-state index contributed by atoms with van der Waals surface area (Å²) in [7, 11) is 0. The van der Waals surface area contributed by atoms with Gasteiger partial charge in [0.05, 0.1) is 0 Å². The maximum Gasteiger partial charge on any atom is 0.0476 e. The molecular formula is C12H7I2N. The van der Waals surface area contributed by atoms with Crippen molar-refractivity contribution >= 4 is 67.0 Å². The molecule has 0 saturated heterocycles. The number of halogens is 2. The number of benzene rings is 2. The van der Waals surface area contributed by atoms with E-state index in [-0.39, 0.29) is 0 Å². The minimum absolute atomic E-state index is 1.22. The lowest BCUT2D eigenvalue weighted by atomic mass is 10.2. The second-order valence-corrected chi connectivity index (χ2v) is 5.77. The highest BCUT2D eigenvalue weighted by Crippen LogP contribution is 2.32. The zero-order valence-corrected chi connectivity index (χ0v) is 12.0. The van der Waals surface area contributed by atoms with E-state index in [1.807, 2.05) is 0 Å². The molecule has 0 radical (unpaired) electrons. The molecule has 0 saturated carbocycles. The molecule has 74 valence electrons. The van der Waals surface area contributed by atoms with Crippen LogP contribution >= 0.6 is 45.2 Å². The SMILES string of the molecule is Ic1cccc2[nH]c3cccc(I)c3c12. The van der Waals surface area contributed by atoms with Crippen LogP contribution in [-0.4, -0.2) is 4.98 Å². The van der Waals surface area contributed by atoms with Crippen LogP contribution in [0.15, 0.2) is 36.4 Å². The number of aromatic nitrogens is 1. The molecule has 0 amide bonds. The highest BCUT2D eigenvalue weighted by Gasteiger charge is 2.08. The van der Waals surface area contributed by atoms with Crippen molar-refractivity contribution in [3.8, 4) is 0 Å². The average molecular weight is 419 g/mol. The molecule has 1 aromatic heterocycles. The Labute approximate surface area is 115 Å². The fraction of sp³-hybridized carbons (Fsp3) is 0. The van der Waals surface area contributed by atoms with E-state index >= 15 is 0 Å². The number of rotatable bonds is 0. The monoisotopic (exact) mass is 419 g/mol. The Hall–Kier alpha value is -0.300. The van der Waals surface area contributed by atoms with Gasteiger partial charge >= 0.3 is 0 Å². The zero-order valence-electron chi connectivity index (χ0n) is 7.72. The third-order valence-corrected chi connectivity index (χ3v) is 4.34. The van der Waals surface area contributed by atoms with Gasteiger partial charge in [-0.3, -0.25) is 0 Å². The molecule has 3 heteroatoms. The molecule has 0 aliphatic carbocycles. The summed E-state index contributed by atoms with van der Waals surface area (Å²) in [6.45, 7) is 0. The van der Waals surface area contributed by atoms with Gasteiger partial charge in [-0.1, -0.05) is 12.1 Å². The van der Waals surface area contributed by atoms with Crippen molar-refractivity contribution in [2.24, 2.45) is 0 Å². The van der Waals surface area contributed by atoms with E-state index < -0.39 is 0 Å². The van der Waals surface area contributed by atoms with Crippen molar-refractivity contribution in [1.29, 1.82) is 0 Å². The molecule has 1 nitrogen and oxygen atoms in total. The van der Waals surface area contributed by atoms with Crippen molar-refractivity contribution in [2.75, 3.05) is 0 Å².